The molecule has 0 bridgehead atoms. The van der Waals surface area contributed by atoms with Crippen molar-refractivity contribution in [2.75, 3.05) is 0 Å². The minimum absolute atomic E-state index is 0.221. The Bertz CT molecular complexity index is 838. The number of fused-ring (bicyclic) bond motifs is 1. The Morgan fingerprint density at radius 2 is 1.43 bits per heavy atom. The van der Waals surface area contributed by atoms with Crippen LogP contribution in [0.1, 0.15) is 15.9 Å². The highest BCUT2D eigenvalue weighted by Crippen LogP contribution is 2.29. The molecule has 0 aliphatic carbocycles. The van der Waals surface area contributed by atoms with Crippen LogP contribution in [0.4, 0.5) is 8.78 Å². The summed E-state index contributed by atoms with van der Waals surface area (Å²) in [5, 5.41) is 1.72. The first-order valence-electron chi connectivity index (χ1n) is 6.25. The fourth-order valence-electron chi connectivity index (χ4n) is 2.31. The molecule has 104 valence electrons. The van der Waals surface area contributed by atoms with E-state index in [0.29, 0.717) is 15.8 Å². The van der Waals surface area contributed by atoms with E-state index in [1.807, 2.05) is 0 Å². The Morgan fingerprint density at radius 3 is 2.10 bits per heavy atom. The molecule has 0 fully saturated rings. The van der Waals surface area contributed by atoms with E-state index in [9.17, 15) is 13.6 Å². The van der Waals surface area contributed by atoms with Crippen molar-refractivity contribution in [3.63, 3.8) is 0 Å². The number of ketones is 1. The van der Waals surface area contributed by atoms with Crippen molar-refractivity contribution in [3.8, 4) is 0 Å². The Kier molecular flexibility index (Phi) is 3.43. The summed E-state index contributed by atoms with van der Waals surface area (Å²) in [5.74, 6) is -2.45. The van der Waals surface area contributed by atoms with E-state index < -0.39 is 23.0 Å². The van der Waals surface area contributed by atoms with Crippen molar-refractivity contribution in [2.45, 2.75) is 0 Å². The number of hydrogen-bond donors (Lipinski definition) is 0. The molecule has 0 radical (unpaired) electrons. The topological polar surface area (TPSA) is 17.1 Å². The van der Waals surface area contributed by atoms with E-state index in [1.54, 1.807) is 30.3 Å². The van der Waals surface area contributed by atoms with E-state index in [2.05, 4.69) is 0 Å². The second-order valence-corrected chi connectivity index (χ2v) is 4.97. The number of carbonyl (C=O) groups is 1. The zero-order valence-electron chi connectivity index (χ0n) is 10.7. The molecule has 4 heteroatoms. The van der Waals surface area contributed by atoms with Crippen LogP contribution in [0.25, 0.3) is 10.8 Å². The summed E-state index contributed by atoms with van der Waals surface area (Å²) in [6.45, 7) is 0. The lowest BCUT2D eigenvalue weighted by Crippen LogP contribution is -2.08. The molecule has 0 N–H and O–H groups in total. The van der Waals surface area contributed by atoms with Gasteiger partial charge in [0.1, 0.15) is 11.6 Å². The molecule has 1 nitrogen and oxygen atoms in total. The molecule has 0 spiro atoms. The third kappa shape index (κ3) is 2.30. The molecule has 0 aliphatic rings. The van der Waals surface area contributed by atoms with Crippen molar-refractivity contribution in [1.82, 2.24) is 0 Å². The summed E-state index contributed by atoms with van der Waals surface area (Å²) in [5.41, 5.74) is -0.330. The lowest BCUT2D eigenvalue weighted by molar-refractivity contribution is 0.103. The van der Waals surface area contributed by atoms with Crippen LogP contribution in [0.3, 0.4) is 0 Å². The van der Waals surface area contributed by atoms with Gasteiger partial charge in [-0.15, -0.1) is 0 Å². The van der Waals surface area contributed by atoms with Crippen LogP contribution in [0.15, 0.2) is 54.6 Å². The smallest absolute Gasteiger partial charge is 0.199 e. The van der Waals surface area contributed by atoms with Crippen LogP contribution in [-0.4, -0.2) is 5.78 Å². The van der Waals surface area contributed by atoms with Crippen molar-refractivity contribution >= 4 is 28.2 Å². The maximum atomic E-state index is 13.8. The molecule has 0 atom stereocenters. The zero-order chi connectivity index (χ0) is 15.0. The van der Waals surface area contributed by atoms with Gasteiger partial charge in [0.25, 0.3) is 0 Å². The van der Waals surface area contributed by atoms with E-state index in [4.69, 9.17) is 11.6 Å². The van der Waals surface area contributed by atoms with Crippen molar-refractivity contribution in [3.05, 3.63) is 82.4 Å². The fraction of sp³-hybridized carbons (Fsp3) is 0. The van der Waals surface area contributed by atoms with Gasteiger partial charge in [0, 0.05) is 16.0 Å². The number of halogens is 3. The van der Waals surface area contributed by atoms with Crippen molar-refractivity contribution < 1.29 is 13.6 Å². The molecule has 0 aliphatic heterocycles. The molecule has 3 aromatic carbocycles. The largest absolute Gasteiger partial charge is 0.288 e. The van der Waals surface area contributed by atoms with Crippen LogP contribution in [0.5, 0.6) is 0 Å². The lowest BCUT2D eigenvalue weighted by atomic mass is 9.96. The highest BCUT2D eigenvalue weighted by Gasteiger charge is 2.20. The molecule has 0 aromatic heterocycles. The highest BCUT2D eigenvalue weighted by atomic mass is 35.5. The number of hydrogen-bond acceptors (Lipinski definition) is 1. The maximum absolute atomic E-state index is 13.8. The van der Waals surface area contributed by atoms with Crippen LogP contribution < -0.4 is 0 Å². The Balaban J connectivity index is 2.26. The van der Waals surface area contributed by atoms with Gasteiger partial charge in [-0.2, -0.15) is 0 Å². The predicted octanol–water partition coefficient (Wildman–Crippen LogP) is 5.00. The van der Waals surface area contributed by atoms with Crippen LogP contribution >= 0.6 is 11.6 Å². The van der Waals surface area contributed by atoms with Gasteiger partial charge in [0.2, 0.25) is 0 Å². The van der Waals surface area contributed by atoms with E-state index in [-0.39, 0.29) is 5.56 Å². The maximum Gasteiger partial charge on any atom is 0.199 e. The predicted molar refractivity (Wildman–Crippen MR) is 78.7 cm³/mol. The SMILES string of the molecule is O=C(c1c(F)cccc1F)c1ccc(Cl)c2ccccc12. The second-order valence-electron chi connectivity index (χ2n) is 4.57. The summed E-state index contributed by atoms with van der Waals surface area (Å²) in [6.07, 6.45) is 0. The third-order valence-corrected chi connectivity index (χ3v) is 3.63. The van der Waals surface area contributed by atoms with Gasteiger partial charge in [0.05, 0.1) is 5.56 Å². The van der Waals surface area contributed by atoms with Gasteiger partial charge in [-0.3, -0.25) is 4.79 Å². The average Bonchev–Trinajstić information content (AvgIpc) is 2.47. The Morgan fingerprint density at radius 1 is 0.810 bits per heavy atom. The summed E-state index contributed by atoms with van der Waals surface area (Å²) >= 11 is 6.08. The van der Waals surface area contributed by atoms with Crippen LogP contribution in [-0.2, 0) is 0 Å². The second kappa shape index (κ2) is 5.26. The van der Waals surface area contributed by atoms with Gasteiger partial charge in [0.15, 0.2) is 5.78 Å². The first-order valence-corrected chi connectivity index (χ1v) is 6.63. The number of rotatable bonds is 2. The average molecular weight is 303 g/mol. The van der Waals surface area contributed by atoms with Gasteiger partial charge in [-0.25, -0.2) is 8.78 Å². The molecule has 0 saturated carbocycles. The van der Waals surface area contributed by atoms with Crippen LogP contribution in [0, 0.1) is 11.6 Å². The van der Waals surface area contributed by atoms with Crippen LogP contribution in [0.2, 0.25) is 5.02 Å². The Labute approximate surface area is 124 Å². The molecule has 21 heavy (non-hydrogen) atoms. The number of benzene rings is 3. The summed E-state index contributed by atoms with van der Waals surface area (Å²) in [6, 6.07) is 13.4. The molecule has 3 rings (SSSR count). The normalized spacial score (nSPS) is 10.8. The van der Waals surface area contributed by atoms with Gasteiger partial charge in [-0.05, 0) is 29.7 Å². The zero-order valence-corrected chi connectivity index (χ0v) is 11.5. The molecule has 3 aromatic rings. The summed E-state index contributed by atoms with van der Waals surface area (Å²) in [7, 11) is 0. The molecule has 0 amide bonds. The molecule has 0 heterocycles. The number of carbonyl (C=O) groups excluding carboxylic acids is 1. The van der Waals surface area contributed by atoms with Gasteiger partial charge >= 0.3 is 0 Å². The minimum atomic E-state index is -0.876. The molecule has 0 unspecified atom stereocenters. The van der Waals surface area contributed by atoms with Crippen molar-refractivity contribution in [2.24, 2.45) is 0 Å². The molecular weight excluding hydrogens is 294 g/mol. The quantitative estimate of drug-likeness (QED) is 0.609. The summed E-state index contributed by atoms with van der Waals surface area (Å²) in [4.78, 5) is 12.5. The minimum Gasteiger partial charge on any atom is -0.288 e. The van der Waals surface area contributed by atoms with E-state index in [1.165, 1.54) is 12.1 Å². The van der Waals surface area contributed by atoms with Gasteiger partial charge in [-0.1, -0.05) is 41.9 Å². The van der Waals surface area contributed by atoms with Gasteiger partial charge < -0.3 is 0 Å². The standard InChI is InChI=1S/C17H9ClF2O/c18-13-9-8-12(10-4-1-2-5-11(10)13)17(21)16-14(19)6-3-7-15(16)20/h1-9H. The van der Waals surface area contributed by atoms with Crippen molar-refractivity contribution in [1.29, 1.82) is 0 Å². The molecular formula is C17H9ClF2O. The fourth-order valence-corrected chi connectivity index (χ4v) is 2.54. The lowest BCUT2D eigenvalue weighted by Gasteiger charge is -2.08. The summed E-state index contributed by atoms with van der Waals surface area (Å²) < 4.78 is 27.6. The highest BCUT2D eigenvalue weighted by molar-refractivity contribution is 6.36. The van der Waals surface area contributed by atoms with E-state index in [0.717, 1.165) is 12.1 Å². The Hall–Kier alpha value is -2.26. The first-order chi connectivity index (χ1) is 10.1. The third-order valence-electron chi connectivity index (χ3n) is 3.31. The first kappa shape index (κ1) is 13.7. The monoisotopic (exact) mass is 302 g/mol. The van der Waals surface area contributed by atoms with E-state index >= 15 is 0 Å². The molecule has 0 saturated heterocycles.